The second kappa shape index (κ2) is 4.69. The van der Waals surface area contributed by atoms with Gasteiger partial charge in [0.2, 0.25) is 5.95 Å². The highest BCUT2D eigenvalue weighted by Crippen LogP contribution is 2.21. The van der Waals surface area contributed by atoms with Gasteiger partial charge in [-0.05, 0) is 25.3 Å². The number of nitrogens with zero attached hydrogens (tertiary/aromatic N) is 2. The Morgan fingerprint density at radius 3 is 2.47 bits per heavy atom. The van der Waals surface area contributed by atoms with Gasteiger partial charge in [-0.25, -0.2) is 14.8 Å². The minimum Gasteiger partial charge on any atom is -0.477 e. The molecule has 0 bridgehead atoms. The lowest BCUT2D eigenvalue weighted by atomic mass is 9.88. The third-order valence-electron chi connectivity index (χ3n) is 2.72. The van der Waals surface area contributed by atoms with Crippen molar-refractivity contribution in [1.29, 1.82) is 0 Å². The summed E-state index contributed by atoms with van der Waals surface area (Å²) in [6.45, 7) is 10.1. The number of carboxylic acids is 1. The highest BCUT2D eigenvalue weighted by molar-refractivity contribution is 5.85. The van der Waals surface area contributed by atoms with Crippen LogP contribution < -0.4 is 5.32 Å². The van der Waals surface area contributed by atoms with Crippen molar-refractivity contribution in [3.05, 3.63) is 17.5 Å². The summed E-state index contributed by atoms with van der Waals surface area (Å²) in [7, 11) is 0. The first-order chi connectivity index (χ1) is 7.70. The Bertz CT molecular complexity index is 424. The molecule has 1 aromatic heterocycles. The minimum atomic E-state index is -1.04. The molecular weight excluding hydrogens is 218 g/mol. The Labute approximate surface area is 101 Å². The van der Waals surface area contributed by atoms with Crippen molar-refractivity contribution in [3.63, 3.8) is 0 Å². The first-order valence-corrected chi connectivity index (χ1v) is 5.55. The summed E-state index contributed by atoms with van der Waals surface area (Å²) in [5.74, 6) is -0.674. The molecule has 0 aliphatic carbocycles. The van der Waals surface area contributed by atoms with Gasteiger partial charge < -0.3 is 10.4 Å². The highest BCUT2D eigenvalue weighted by Gasteiger charge is 2.21. The molecule has 0 spiro atoms. The fourth-order valence-corrected chi connectivity index (χ4v) is 1.15. The van der Waals surface area contributed by atoms with Crippen molar-refractivity contribution in [2.24, 2.45) is 5.41 Å². The first kappa shape index (κ1) is 13.4. The molecule has 1 rings (SSSR count). The van der Waals surface area contributed by atoms with Crippen molar-refractivity contribution in [3.8, 4) is 0 Å². The fraction of sp³-hybridized carbons (Fsp3) is 0.583. The Morgan fingerprint density at radius 1 is 1.41 bits per heavy atom. The van der Waals surface area contributed by atoms with E-state index in [-0.39, 0.29) is 17.2 Å². The van der Waals surface area contributed by atoms with Gasteiger partial charge in [0.1, 0.15) is 0 Å². The van der Waals surface area contributed by atoms with E-state index in [2.05, 4.69) is 36.1 Å². The molecule has 1 unspecified atom stereocenters. The third kappa shape index (κ3) is 3.69. The molecule has 1 aromatic rings. The van der Waals surface area contributed by atoms with E-state index in [0.29, 0.717) is 11.6 Å². The van der Waals surface area contributed by atoms with Crippen LogP contribution in [0.1, 0.15) is 43.9 Å². The summed E-state index contributed by atoms with van der Waals surface area (Å²) in [5.41, 5.74) is 0.707. The van der Waals surface area contributed by atoms with E-state index < -0.39 is 5.97 Å². The quantitative estimate of drug-likeness (QED) is 0.843. The van der Waals surface area contributed by atoms with Crippen molar-refractivity contribution in [2.45, 2.75) is 40.7 Å². The molecule has 0 aromatic carbocycles. The molecule has 0 aliphatic heterocycles. The molecule has 94 valence electrons. The van der Waals surface area contributed by atoms with Crippen molar-refractivity contribution in [1.82, 2.24) is 9.97 Å². The zero-order valence-corrected chi connectivity index (χ0v) is 10.9. The second-order valence-corrected chi connectivity index (χ2v) is 5.26. The van der Waals surface area contributed by atoms with Gasteiger partial charge in [0, 0.05) is 11.7 Å². The molecule has 0 saturated heterocycles. The number of aromatic carboxylic acids is 1. The van der Waals surface area contributed by atoms with Crippen molar-refractivity contribution in [2.75, 3.05) is 5.32 Å². The Balaban J connectivity index is 2.96. The van der Waals surface area contributed by atoms with Crippen LogP contribution in [0.25, 0.3) is 0 Å². The number of nitrogens with one attached hydrogen (secondary N) is 1. The van der Waals surface area contributed by atoms with Gasteiger partial charge in [-0.3, -0.25) is 0 Å². The van der Waals surface area contributed by atoms with E-state index >= 15 is 0 Å². The second-order valence-electron chi connectivity index (χ2n) is 5.26. The lowest BCUT2D eigenvalue weighted by Gasteiger charge is -2.28. The number of carbonyl (C=O) groups is 1. The molecule has 17 heavy (non-hydrogen) atoms. The maximum absolute atomic E-state index is 10.9. The first-order valence-electron chi connectivity index (χ1n) is 5.55. The van der Waals surface area contributed by atoms with Crippen LogP contribution in [0.3, 0.4) is 0 Å². The molecule has 0 radical (unpaired) electrons. The predicted octanol–water partition coefficient (Wildman–Crippen LogP) is 2.33. The van der Waals surface area contributed by atoms with Gasteiger partial charge in [-0.1, -0.05) is 20.8 Å². The summed E-state index contributed by atoms with van der Waals surface area (Å²) < 4.78 is 0. The molecule has 5 heteroatoms. The summed E-state index contributed by atoms with van der Waals surface area (Å²) in [5, 5.41) is 12.0. The van der Waals surface area contributed by atoms with Gasteiger partial charge in [0.05, 0.1) is 0 Å². The van der Waals surface area contributed by atoms with Gasteiger partial charge >= 0.3 is 5.97 Å². The average Bonchev–Trinajstić information content (AvgIpc) is 2.14. The molecule has 2 N–H and O–H groups in total. The number of aryl methyl sites for hydroxylation is 1. The third-order valence-corrected chi connectivity index (χ3v) is 2.72. The number of carboxylic acid groups (broad SMARTS) is 1. The van der Waals surface area contributed by atoms with Crippen molar-refractivity contribution < 1.29 is 9.90 Å². The normalized spacial score (nSPS) is 13.2. The van der Waals surface area contributed by atoms with Crippen LogP contribution >= 0.6 is 0 Å². The number of aromatic nitrogens is 2. The van der Waals surface area contributed by atoms with Crippen LogP contribution in [0, 0.1) is 12.3 Å². The number of anilines is 1. The molecule has 1 atom stereocenters. The maximum atomic E-state index is 10.9. The summed E-state index contributed by atoms with van der Waals surface area (Å²) in [6.07, 6.45) is 0. The highest BCUT2D eigenvalue weighted by atomic mass is 16.4. The van der Waals surface area contributed by atoms with Crippen LogP contribution in [0.15, 0.2) is 6.07 Å². The Morgan fingerprint density at radius 2 is 2.00 bits per heavy atom. The minimum absolute atomic E-state index is 0.0149. The molecular formula is C12H19N3O2. The number of hydrogen-bond acceptors (Lipinski definition) is 4. The molecule has 1 heterocycles. The zero-order valence-electron chi connectivity index (χ0n) is 10.9. The molecule has 0 saturated carbocycles. The van der Waals surface area contributed by atoms with Crippen LogP contribution in [-0.2, 0) is 0 Å². The van der Waals surface area contributed by atoms with Gasteiger partial charge in [0.25, 0.3) is 0 Å². The number of rotatable bonds is 3. The molecule has 0 amide bonds. The van der Waals surface area contributed by atoms with E-state index in [1.54, 1.807) is 6.92 Å². The van der Waals surface area contributed by atoms with E-state index in [4.69, 9.17) is 5.11 Å². The Kier molecular flexibility index (Phi) is 3.70. The van der Waals surface area contributed by atoms with Crippen LogP contribution in [0.2, 0.25) is 0 Å². The molecule has 5 nitrogen and oxygen atoms in total. The van der Waals surface area contributed by atoms with Crippen LogP contribution in [0.4, 0.5) is 5.95 Å². The van der Waals surface area contributed by atoms with E-state index in [0.717, 1.165) is 0 Å². The number of hydrogen-bond donors (Lipinski definition) is 2. The lowest BCUT2D eigenvalue weighted by molar-refractivity contribution is 0.0690. The predicted molar refractivity (Wildman–Crippen MR) is 66.3 cm³/mol. The lowest BCUT2D eigenvalue weighted by Crippen LogP contribution is -2.31. The largest absolute Gasteiger partial charge is 0.477 e. The standard InChI is InChI=1S/C12H19N3O2/c1-7-6-9(10(16)17)15-11(13-7)14-8(2)12(3,4)5/h6,8H,1-5H3,(H,16,17)(H,13,14,15). The molecule has 0 aliphatic rings. The van der Waals surface area contributed by atoms with Gasteiger partial charge in [0.15, 0.2) is 5.69 Å². The van der Waals surface area contributed by atoms with Crippen LogP contribution in [0.5, 0.6) is 0 Å². The molecule has 0 fully saturated rings. The monoisotopic (exact) mass is 237 g/mol. The van der Waals surface area contributed by atoms with Gasteiger partial charge in [-0.2, -0.15) is 0 Å². The van der Waals surface area contributed by atoms with E-state index in [1.807, 2.05) is 6.92 Å². The van der Waals surface area contributed by atoms with E-state index in [9.17, 15) is 4.79 Å². The van der Waals surface area contributed by atoms with Crippen molar-refractivity contribution >= 4 is 11.9 Å². The Hall–Kier alpha value is -1.65. The topological polar surface area (TPSA) is 75.1 Å². The summed E-state index contributed by atoms with van der Waals surface area (Å²) in [4.78, 5) is 19.0. The van der Waals surface area contributed by atoms with Gasteiger partial charge in [-0.15, -0.1) is 0 Å². The smallest absolute Gasteiger partial charge is 0.354 e. The zero-order chi connectivity index (χ0) is 13.2. The van der Waals surface area contributed by atoms with Crippen LogP contribution in [-0.4, -0.2) is 27.1 Å². The SMILES string of the molecule is Cc1cc(C(=O)O)nc(NC(C)C(C)(C)C)n1. The summed E-state index contributed by atoms with van der Waals surface area (Å²) >= 11 is 0. The average molecular weight is 237 g/mol. The fourth-order valence-electron chi connectivity index (χ4n) is 1.15. The summed E-state index contributed by atoms with van der Waals surface area (Å²) in [6, 6.07) is 1.60. The van der Waals surface area contributed by atoms with E-state index in [1.165, 1.54) is 6.07 Å². The maximum Gasteiger partial charge on any atom is 0.354 e.